The van der Waals surface area contributed by atoms with Gasteiger partial charge < -0.3 is 34.6 Å². The summed E-state index contributed by atoms with van der Waals surface area (Å²) in [6.45, 7) is 0.0987. The molecule has 0 rings (SSSR count). The number of aldehydes is 1. The number of aliphatic hydroxyl groups is 2. The first-order chi connectivity index (χ1) is 8.82. The molecular formula is C6H14O12P2. The summed E-state index contributed by atoms with van der Waals surface area (Å²) in [5, 5.41) is 17.2. The van der Waals surface area contributed by atoms with Gasteiger partial charge in [-0.2, -0.15) is 0 Å². The Labute approximate surface area is 112 Å². The lowest BCUT2D eigenvalue weighted by Gasteiger charge is -2.16. The van der Waals surface area contributed by atoms with Crippen molar-refractivity contribution in [2.24, 2.45) is 0 Å². The zero-order chi connectivity index (χ0) is 16.6. The van der Waals surface area contributed by atoms with Crippen LogP contribution in [0.3, 0.4) is 0 Å². The second kappa shape index (κ2) is 9.42. The van der Waals surface area contributed by atoms with Crippen molar-refractivity contribution in [1.82, 2.24) is 0 Å². The first-order valence-corrected chi connectivity index (χ1v) is 7.61. The molecule has 6 N–H and O–H groups in total. The summed E-state index contributed by atoms with van der Waals surface area (Å²) in [7, 11) is -9.39. The number of carbonyl (C=O) groups is 2. The summed E-state index contributed by atoms with van der Waals surface area (Å²) < 4.78 is 27.9. The summed E-state index contributed by atoms with van der Waals surface area (Å²) in [6.07, 6.45) is -3.60. The second-order valence-electron chi connectivity index (χ2n) is 3.01. The third-order valence-electron chi connectivity index (χ3n) is 1.18. The summed E-state index contributed by atoms with van der Waals surface area (Å²) in [5.41, 5.74) is 0. The Morgan fingerprint density at radius 2 is 1.60 bits per heavy atom. The van der Waals surface area contributed by atoms with Gasteiger partial charge in [0.05, 0.1) is 6.61 Å². The van der Waals surface area contributed by atoms with Crippen molar-refractivity contribution in [1.29, 1.82) is 0 Å². The highest BCUT2D eigenvalue weighted by atomic mass is 31.2. The maximum absolute atomic E-state index is 11.0. The van der Waals surface area contributed by atoms with E-state index in [0.717, 1.165) is 6.92 Å². The lowest BCUT2D eigenvalue weighted by atomic mass is 10.4. The number of hydrogen-bond acceptors (Lipinski definition) is 8. The smallest absolute Gasteiger partial charge is 0.393 e. The summed E-state index contributed by atoms with van der Waals surface area (Å²) in [6, 6.07) is 0. The van der Waals surface area contributed by atoms with Gasteiger partial charge in [-0.15, -0.1) is 0 Å². The van der Waals surface area contributed by atoms with Crippen LogP contribution in [0.1, 0.15) is 6.92 Å². The molecule has 20 heavy (non-hydrogen) atoms. The van der Waals surface area contributed by atoms with Crippen LogP contribution in [0.5, 0.6) is 0 Å². The maximum atomic E-state index is 11.0. The first kappa shape index (κ1) is 21.8. The molecule has 0 saturated carbocycles. The van der Waals surface area contributed by atoms with Crippen molar-refractivity contribution in [2.75, 3.05) is 6.61 Å². The van der Waals surface area contributed by atoms with Crippen LogP contribution < -0.4 is 0 Å². The molecule has 0 aromatic carbocycles. The maximum Gasteiger partial charge on any atom is 0.475 e. The van der Waals surface area contributed by atoms with Gasteiger partial charge in [0, 0.05) is 0 Å². The van der Waals surface area contributed by atoms with Gasteiger partial charge in [0.25, 0.3) is 0 Å². The highest BCUT2D eigenvalue weighted by Crippen LogP contribution is 2.45. The predicted molar refractivity (Wildman–Crippen MR) is 59.9 cm³/mol. The Hall–Kier alpha value is -0.520. The van der Waals surface area contributed by atoms with Crippen LogP contribution in [-0.2, 0) is 27.8 Å². The number of hydrogen-bond donors (Lipinski definition) is 6. The number of rotatable bonds is 7. The van der Waals surface area contributed by atoms with E-state index in [0.29, 0.717) is 0 Å². The Morgan fingerprint density at radius 1 is 1.20 bits per heavy atom. The minimum Gasteiger partial charge on any atom is -0.393 e. The van der Waals surface area contributed by atoms with Crippen LogP contribution in [0.2, 0.25) is 0 Å². The molecular weight excluding hydrogens is 326 g/mol. The normalized spacial score (nSPS) is 17.1. The molecule has 3 atom stereocenters. The van der Waals surface area contributed by atoms with E-state index in [4.69, 9.17) is 34.4 Å². The van der Waals surface area contributed by atoms with Crippen molar-refractivity contribution in [3.05, 3.63) is 0 Å². The number of aliphatic hydroxyl groups excluding tert-OH is 2. The van der Waals surface area contributed by atoms with Gasteiger partial charge in [-0.05, 0) is 6.92 Å². The van der Waals surface area contributed by atoms with Crippen LogP contribution in [0.4, 0.5) is 0 Å². The molecule has 0 saturated heterocycles. The Balaban J connectivity index is 0. The third kappa shape index (κ3) is 15.5. The van der Waals surface area contributed by atoms with E-state index in [1.807, 2.05) is 0 Å². The molecule has 0 aromatic rings. The van der Waals surface area contributed by atoms with E-state index in [2.05, 4.69) is 9.05 Å². The van der Waals surface area contributed by atoms with E-state index in [9.17, 15) is 14.2 Å². The molecule has 120 valence electrons. The average molecular weight is 340 g/mol. The molecule has 0 radical (unpaired) electrons. The molecule has 0 aromatic heterocycles. The fourth-order valence-corrected chi connectivity index (χ4v) is 1.41. The lowest BCUT2D eigenvalue weighted by Crippen LogP contribution is -2.23. The quantitative estimate of drug-likeness (QED) is 0.164. The zero-order valence-corrected chi connectivity index (χ0v) is 11.8. The molecule has 0 amide bonds. The van der Waals surface area contributed by atoms with Crippen molar-refractivity contribution >= 4 is 27.7 Å². The van der Waals surface area contributed by atoms with E-state index < -0.39 is 40.4 Å². The van der Waals surface area contributed by atoms with Crippen LogP contribution in [0.15, 0.2) is 0 Å². The molecule has 14 heteroatoms. The summed E-state index contributed by atoms with van der Waals surface area (Å²) in [4.78, 5) is 51.1. The minimum absolute atomic E-state index is 0.0758. The fourth-order valence-electron chi connectivity index (χ4n) is 0.498. The van der Waals surface area contributed by atoms with Gasteiger partial charge in [0.15, 0.2) is 12.1 Å². The molecule has 0 aliphatic rings. The molecule has 0 bridgehead atoms. The van der Waals surface area contributed by atoms with Gasteiger partial charge in [-0.3, -0.25) is 9.32 Å². The van der Waals surface area contributed by atoms with Gasteiger partial charge >= 0.3 is 15.6 Å². The molecule has 12 nitrogen and oxygen atoms in total. The Kier molecular flexibility index (Phi) is 10.3. The van der Waals surface area contributed by atoms with E-state index >= 15 is 0 Å². The number of carbonyl (C=O) groups excluding carboxylic acids is 2. The van der Waals surface area contributed by atoms with E-state index in [-0.39, 0.29) is 6.29 Å². The number of phosphoric ester groups is 1. The van der Waals surface area contributed by atoms with E-state index in [1.165, 1.54) is 0 Å². The summed E-state index contributed by atoms with van der Waals surface area (Å²) >= 11 is 0. The largest absolute Gasteiger partial charge is 0.475 e. The average Bonchev–Trinajstić information content (AvgIpc) is 2.22. The van der Waals surface area contributed by atoms with Crippen LogP contribution in [0.25, 0.3) is 0 Å². The minimum atomic E-state index is -4.75. The van der Waals surface area contributed by atoms with Gasteiger partial charge in [-0.1, -0.05) is 0 Å². The summed E-state index contributed by atoms with van der Waals surface area (Å²) in [5.74, 6) is -0.903. The number of phosphoric acid groups is 2. The van der Waals surface area contributed by atoms with Gasteiger partial charge in [0.2, 0.25) is 6.29 Å². The molecule has 0 heterocycles. The molecule has 0 spiro atoms. The van der Waals surface area contributed by atoms with Crippen molar-refractivity contribution in [3.63, 3.8) is 0 Å². The van der Waals surface area contributed by atoms with Crippen LogP contribution >= 0.6 is 15.6 Å². The Morgan fingerprint density at radius 3 is 1.85 bits per heavy atom. The SMILES string of the molecule is CC(=O)C(O)OP(=O)(O)OC(C=O)CO.O=P(O)(O)O. The van der Waals surface area contributed by atoms with E-state index in [1.54, 1.807) is 0 Å². The number of ketones is 1. The topological polar surface area (TPSA) is 208 Å². The highest BCUT2D eigenvalue weighted by Gasteiger charge is 2.31. The molecule has 0 fully saturated rings. The van der Waals surface area contributed by atoms with Gasteiger partial charge in [0.1, 0.15) is 6.10 Å². The van der Waals surface area contributed by atoms with Crippen molar-refractivity contribution in [2.45, 2.75) is 19.3 Å². The molecule has 0 aliphatic carbocycles. The first-order valence-electron chi connectivity index (χ1n) is 4.55. The monoisotopic (exact) mass is 340 g/mol. The number of Topliss-reactive ketones (excluding diaryl/α,β-unsaturated/α-hetero) is 1. The Bertz CT molecular complexity index is 384. The fraction of sp³-hybridized carbons (Fsp3) is 0.667. The van der Waals surface area contributed by atoms with Gasteiger partial charge in [-0.25, -0.2) is 13.7 Å². The standard InChI is InChI=1S/C6H11O8P.H3O4P/c1-4(9)6(10)14-15(11,12)13-5(2-7)3-8;1-5(2,3)4/h2,5-6,8,10H,3H2,1H3,(H,11,12);(H3,1,2,3,4). The van der Waals surface area contributed by atoms with Crippen LogP contribution in [-0.4, -0.2) is 60.9 Å². The van der Waals surface area contributed by atoms with Crippen molar-refractivity contribution in [3.8, 4) is 0 Å². The third-order valence-corrected chi connectivity index (χ3v) is 2.18. The zero-order valence-electron chi connectivity index (χ0n) is 9.97. The van der Waals surface area contributed by atoms with Crippen LogP contribution in [0, 0.1) is 0 Å². The molecule has 0 aliphatic heterocycles. The highest BCUT2D eigenvalue weighted by molar-refractivity contribution is 7.47. The second-order valence-corrected chi connectivity index (χ2v) is 5.40. The lowest BCUT2D eigenvalue weighted by molar-refractivity contribution is -0.142. The predicted octanol–water partition coefficient (Wildman–Crippen LogP) is -2.34. The molecule has 3 unspecified atom stereocenters. The van der Waals surface area contributed by atoms with Crippen molar-refractivity contribution < 1.29 is 57.6 Å².